The molecule has 0 amide bonds. The number of hydrogen-bond donors (Lipinski definition) is 0. The van der Waals surface area contributed by atoms with Crippen LogP contribution >= 0.6 is 0 Å². The summed E-state index contributed by atoms with van der Waals surface area (Å²) >= 11 is 0. The highest BCUT2D eigenvalue weighted by Crippen LogP contribution is 2.30. The Labute approximate surface area is 113 Å². The van der Waals surface area contributed by atoms with Crippen LogP contribution in [0.25, 0.3) is 16.9 Å². The normalized spacial score (nSPS) is 11.4. The van der Waals surface area contributed by atoms with Gasteiger partial charge in [0.15, 0.2) is 0 Å². The van der Waals surface area contributed by atoms with Crippen LogP contribution in [0, 0.1) is 6.92 Å². The minimum Gasteiger partial charge on any atom is -0.303 e. The third-order valence-corrected chi connectivity index (χ3v) is 3.48. The number of nitrogens with zero attached hydrogens (tertiary/aromatic N) is 2. The van der Waals surface area contributed by atoms with E-state index in [9.17, 15) is 0 Å². The van der Waals surface area contributed by atoms with Crippen molar-refractivity contribution in [3.05, 3.63) is 59.9 Å². The van der Waals surface area contributed by atoms with Crippen LogP contribution in [0.2, 0.25) is 0 Å². The monoisotopic (exact) mass is 250 g/mol. The van der Waals surface area contributed by atoms with Gasteiger partial charge in [0.25, 0.3) is 0 Å². The van der Waals surface area contributed by atoms with E-state index in [1.54, 1.807) is 0 Å². The molecule has 0 N–H and O–H groups in total. The summed E-state index contributed by atoms with van der Waals surface area (Å²) in [5.74, 6) is 0.437. The van der Waals surface area contributed by atoms with E-state index < -0.39 is 0 Å². The molecular weight excluding hydrogens is 232 g/mol. The van der Waals surface area contributed by atoms with Gasteiger partial charge in [-0.2, -0.15) is 0 Å². The first-order valence-corrected chi connectivity index (χ1v) is 6.71. The van der Waals surface area contributed by atoms with Crippen LogP contribution in [0.4, 0.5) is 0 Å². The highest BCUT2D eigenvalue weighted by atomic mass is 15.0. The van der Waals surface area contributed by atoms with E-state index in [1.165, 1.54) is 16.8 Å². The lowest BCUT2D eigenvalue weighted by molar-refractivity contribution is 0.810. The summed E-state index contributed by atoms with van der Waals surface area (Å²) in [6, 6.07) is 14.6. The lowest BCUT2D eigenvalue weighted by Crippen LogP contribution is -1.97. The van der Waals surface area contributed by atoms with E-state index in [0.717, 1.165) is 11.3 Å². The smallest absolute Gasteiger partial charge is 0.140 e. The maximum Gasteiger partial charge on any atom is 0.140 e. The summed E-state index contributed by atoms with van der Waals surface area (Å²) in [6.45, 7) is 6.55. The zero-order valence-electron chi connectivity index (χ0n) is 11.6. The number of aromatic nitrogens is 2. The molecule has 96 valence electrons. The Bertz CT molecular complexity index is 709. The molecule has 0 unspecified atom stereocenters. The summed E-state index contributed by atoms with van der Waals surface area (Å²) in [6.07, 6.45) is 2.11. The van der Waals surface area contributed by atoms with Gasteiger partial charge in [-0.15, -0.1) is 0 Å². The summed E-state index contributed by atoms with van der Waals surface area (Å²) in [5, 5.41) is 0. The highest BCUT2D eigenvalue weighted by molar-refractivity contribution is 5.68. The average Bonchev–Trinajstić information content (AvgIpc) is 2.81. The molecule has 0 saturated heterocycles. The Morgan fingerprint density at radius 3 is 2.42 bits per heavy atom. The van der Waals surface area contributed by atoms with E-state index in [2.05, 4.69) is 67.8 Å². The van der Waals surface area contributed by atoms with Gasteiger partial charge in [0, 0.05) is 11.8 Å². The molecule has 0 bridgehead atoms. The third kappa shape index (κ3) is 1.93. The highest BCUT2D eigenvalue weighted by Gasteiger charge is 2.17. The first-order chi connectivity index (χ1) is 9.18. The lowest BCUT2D eigenvalue weighted by Gasteiger charge is -2.08. The summed E-state index contributed by atoms with van der Waals surface area (Å²) in [7, 11) is 0. The van der Waals surface area contributed by atoms with Crippen LogP contribution in [0.15, 0.2) is 48.7 Å². The minimum atomic E-state index is 0.437. The molecule has 2 nitrogen and oxygen atoms in total. The van der Waals surface area contributed by atoms with Crippen molar-refractivity contribution >= 4 is 5.65 Å². The van der Waals surface area contributed by atoms with Crippen LogP contribution < -0.4 is 0 Å². The standard InChI is InChI=1S/C17H18N2/c1-12(2)16-15(14-9-5-4-6-10-14)18-17-13(3)8-7-11-19(16)17/h4-12H,1-3H3. The number of rotatable bonds is 2. The number of pyridine rings is 1. The van der Waals surface area contributed by atoms with Gasteiger partial charge in [0.2, 0.25) is 0 Å². The molecular formula is C17H18N2. The maximum absolute atomic E-state index is 4.87. The van der Waals surface area contributed by atoms with Crippen LogP contribution in [0.5, 0.6) is 0 Å². The molecule has 3 aromatic rings. The number of aryl methyl sites for hydroxylation is 1. The molecule has 2 aromatic heterocycles. The second-order valence-corrected chi connectivity index (χ2v) is 5.25. The van der Waals surface area contributed by atoms with Gasteiger partial charge in [-0.3, -0.25) is 0 Å². The molecule has 3 rings (SSSR count). The Kier molecular flexibility index (Phi) is 2.86. The van der Waals surface area contributed by atoms with Gasteiger partial charge < -0.3 is 4.40 Å². The van der Waals surface area contributed by atoms with Gasteiger partial charge in [-0.25, -0.2) is 4.98 Å². The molecule has 0 aliphatic rings. The topological polar surface area (TPSA) is 17.3 Å². The van der Waals surface area contributed by atoms with E-state index in [0.29, 0.717) is 5.92 Å². The molecule has 0 aliphatic carbocycles. The first kappa shape index (κ1) is 12.0. The number of hydrogen-bond acceptors (Lipinski definition) is 1. The fourth-order valence-electron chi connectivity index (χ4n) is 2.58. The maximum atomic E-state index is 4.87. The molecule has 1 aromatic carbocycles. The number of fused-ring (bicyclic) bond motifs is 1. The number of benzene rings is 1. The van der Waals surface area contributed by atoms with Crippen LogP contribution in [0.3, 0.4) is 0 Å². The van der Waals surface area contributed by atoms with E-state index >= 15 is 0 Å². The van der Waals surface area contributed by atoms with Gasteiger partial charge in [0.05, 0.1) is 11.4 Å². The number of imidazole rings is 1. The Morgan fingerprint density at radius 1 is 1.00 bits per heavy atom. The third-order valence-electron chi connectivity index (χ3n) is 3.48. The van der Waals surface area contributed by atoms with Gasteiger partial charge in [-0.05, 0) is 24.5 Å². The summed E-state index contributed by atoms with van der Waals surface area (Å²) in [5.41, 5.74) is 5.85. The fraction of sp³-hybridized carbons (Fsp3) is 0.235. The first-order valence-electron chi connectivity index (χ1n) is 6.71. The van der Waals surface area contributed by atoms with Crippen LogP contribution in [-0.2, 0) is 0 Å². The second-order valence-electron chi connectivity index (χ2n) is 5.25. The molecule has 0 fully saturated rings. The van der Waals surface area contributed by atoms with Crippen molar-refractivity contribution < 1.29 is 0 Å². The van der Waals surface area contributed by atoms with Crippen molar-refractivity contribution in [1.29, 1.82) is 0 Å². The average molecular weight is 250 g/mol. The minimum absolute atomic E-state index is 0.437. The van der Waals surface area contributed by atoms with Crippen molar-refractivity contribution in [3.8, 4) is 11.3 Å². The zero-order valence-corrected chi connectivity index (χ0v) is 11.6. The molecule has 2 heterocycles. The molecule has 2 heteroatoms. The van der Waals surface area contributed by atoms with E-state index in [1.807, 2.05) is 6.07 Å². The molecule has 0 atom stereocenters. The quantitative estimate of drug-likeness (QED) is 0.657. The largest absolute Gasteiger partial charge is 0.303 e. The molecule has 0 saturated carbocycles. The summed E-state index contributed by atoms with van der Waals surface area (Å²) in [4.78, 5) is 4.87. The van der Waals surface area contributed by atoms with Crippen molar-refractivity contribution in [3.63, 3.8) is 0 Å². The second kappa shape index (κ2) is 4.54. The van der Waals surface area contributed by atoms with Gasteiger partial charge >= 0.3 is 0 Å². The molecule has 0 aliphatic heterocycles. The molecule has 19 heavy (non-hydrogen) atoms. The fourth-order valence-corrected chi connectivity index (χ4v) is 2.58. The SMILES string of the molecule is Cc1cccn2c(C(C)C)c(-c3ccccc3)nc12. The Hall–Kier alpha value is -2.09. The predicted octanol–water partition coefficient (Wildman–Crippen LogP) is 4.43. The molecule has 0 spiro atoms. The van der Waals surface area contributed by atoms with Gasteiger partial charge in [-0.1, -0.05) is 50.2 Å². The predicted molar refractivity (Wildman–Crippen MR) is 79.5 cm³/mol. The van der Waals surface area contributed by atoms with Crippen molar-refractivity contribution in [2.75, 3.05) is 0 Å². The van der Waals surface area contributed by atoms with Crippen LogP contribution in [0.1, 0.15) is 31.0 Å². The zero-order chi connectivity index (χ0) is 13.4. The van der Waals surface area contributed by atoms with Crippen LogP contribution in [-0.4, -0.2) is 9.38 Å². The van der Waals surface area contributed by atoms with E-state index in [4.69, 9.17) is 4.98 Å². The lowest BCUT2D eigenvalue weighted by atomic mass is 10.0. The van der Waals surface area contributed by atoms with Crippen molar-refractivity contribution in [1.82, 2.24) is 9.38 Å². The summed E-state index contributed by atoms with van der Waals surface area (Å²) < 4.78 is 2.22. The van der Waals surface area contributed by atoms with Crippen molar-refractivity contribution in [2.24, 2.45) is 0 Å². The molecule has 0 radical (unpaired) electrons. The van der Waals surface area contributed by atoms with Crippen molar-refractivity contribution in [2.45, 2.75) is 26.7 Å². The Morgan fingerprint density at radius 2 is 1.74 bits per heavy atom. The Balaban J connectivity index is 2.36. The van der Waals surface area contributed by atoms with Gasteiger partial charge in [0.1, 0.15) is 5.65 Å². The van der Waals surface area contributed by atoms with E-state index in [-0.39, 0.29) is 0 Å².